The van der Waals surface area contributed by atoms with Crippen LogP contribution in [0.25, 0.3) is 0 Å². The Kier molecular flexibility index (Phi) is 4.66. The number of nitrogens with one attached hydrogen (secondary N) is 1. The lowest BCUT2D eigenvalue weighted by Gasteiger charge is -2.05. The maximum Gasteiger partial charge on any atom is 0.0537 e. The summed E-state index contributed by atoms with van der Waals surface area (Å²) in [6.45, 7) is 5.41. The van der Waals surface area contributed by atoms with E-state index in [0.29, 0.717) is 6.04 Å². The van der Waals surface area contributed by atoms with Crippen molar-refractivity contribution in [2.45, 2.75) is 45.7 Å². The Morgan fingerprint density at radius 1 is 1.50 bits per heavy atom. The molecule has 1 rings (SSSR count). The molecule has 0 bridgehead atoms. The van der Waals surface area contributed by atoms with Crippen LogP contribution in [0.4, 0.5) is 0 Å². The van der Waals surface area contributed by atoms with Gasteiger partial charge in [0, 0.05) is 24.3 Å². The van der Waals surface area contributed by atoms with Gasteiger partial charge in [-0.1, -0.05) is 19.8 Å². The van der Waals surface area contributed by atoms with Crippen molar-refractivity contribution in [2.75, 3.05) is 7.05 Å². The summed E-state index contributed by atoms with van der Waals surface area (Å²) in [4.78, 5) is 0. The minimum absolute atomic E-state index is 0.398. The first kappa shape index (κ1) is 11.2. The summed E-state index contributed by atoms with van der Waals surface area (Å²) in [5.41, 5.74) is 1.27. The molecule has 1 aromatic heterocycles. The second-order valence-electron chi connectivity index (χ2n) is 3.75. The third-order valence-corrected chi connectivity index (χ3v) is 2.58. The molecule has 0 aromatic carbocycles. The summed E-state index contributed by atoms with van der Waals surface area (Å²) in [6, 6.07) is 0.398. The predicted octanol–water partition coefficient (Wildman–Crippen LogP) is 2.35. The van der Waals surface area contributed by atoms with Crippen LogP contribution in [0, 0.1) is 0 Å². The van der Waals surface area contributed by atoms with Crippen LogP contribution >= 0.6 is 0 Å². The lowest BCUT2D eigenvalue weighted by Crippen LogP contribution is -2.11. The van der Waals surface area contributed by atoms with Gasteiger partial charge < -0.3 is 5.32 Å². The molecule has 0 spiro atoms. The number of aromatic nitrogens is 2. The fraction of sp³-hybridized carbons (Fsp3) is 0.727. The highest BCUT2D eigenvalue weighted by Gasteiger charge is 2.04. The normalized spacial score (nSPS) is 13.1. The van der Waals surface area contributed by atoms with E-state index < -0.39 is 0 Å². The van der Waals surface area contributed by atoms with E-state index in [0.717, 1.165) is 6.54 Å². The Balaban J connectivity index is 2.42. The van der Waals surface area contributed by atoms with E-state index in [1.54, 1.807) is 0 Å². The highest BCUT2D eigenvalue weighted by atomic mass is 15.3. The van der Waals surface area contributed by atoms with Crippen LogP contribution in [-0.2, 0) is 6.54 Å². The van der Waals surface area contributed by atoms with Gasteiger partial charge in [-0.25, -0.2) is 0 Å². The van der Waals surface area contributed by atoms with Crippen LogP contribution in [0.15, 0.2) is 12.4 Å². The zero-order valence-electron chi connectivity index (χ0n) is 9.45. The van der Waals surface area contributed by atoms with E-state index in [9.17, 15) is 0 Å². The van der Waals surface area contributed by atoms with E-state index in [-0.39, 0.29) is 0 Å². The monoisotopic (exact) mass is 195 g/mol. The third kappa shape index (κ3) is 3.14. The average molecular weight is 195 g/mol. The Morgan fingerprint density at radius 3 is 2.93 bits per heavy atom. The van der Waals surface area contributed by atoms with Crippen molar-refractivity contribution in [2.24, 2.45) is 0 Å². The quantitative estimate of drug-likeness (QED) is 0.706. The highest BCUT2D eigenvalue weighted by molar-refractivity contribution is 5.08. The summed E-state index contributed by atoms with van der Waals surface area (Å²) >= 11 is 0. The van der Waals surface area contributed by atoms with E-state index in [1.165, 1.54) is 24.8 Å². The zero-order chi connectivity index (χ0) is 10.4. The minimum atomic E-state index is 0.398. The van der Waals surface area contributed by atoms with Crippen molar-refractivity contribution in [3.05, 3.63) is 18.0 Å². The second-order valence-corrected chi connectivity index (χ2v) is 3.75. The van der Waals surface area contributed by atoms with E-state index in [2.05, 4.69) is 30.5 Å². The van der Waals surface area contributed by atoms with E-state index in [4.69, 9.17) is 0 Å². The largest absolute Gasteiger partial charge is 0.313 e. The summed E-state index contributed by atoms with van der Waals surface area (Å²) in [6.07, 6.45) is 7.87. The summed E-state index contributed by atoms with van der Waals surface area (Å²) in [5, 5.41) is 7.54. The molecule has 3 nitrogen and oxygen atoms in total. The maximum absolute atomic E-state index is 4.33. The molecule has 1 unspecified atom stereocenters. The van der Waals surface area contributed by atoms with Crippen molar-refractivity contribution in [1.82, 2.24) is 15.1 Å². The fourth-order valence-corrected chi connectivity index (χ4v) is 1.42. The van der Waals surface area contributed by atoms with Gasteiger partial charge in [-0.05, 0) is 20.4 Å². The standard InChI is InChI=1S/C11H21N3/c1-4-5-6-7-14-9-11(8-13-14)10(2)12-3/h8-10,12H,4-7H2,1-3H3. The van der Waals surface area contributed by atoms with E-state index in [1.807, 2.05) is 17.9 Å². The molecule has 0 aliphatic heterocycles. The first-order valence-corrected chi connectivity index (χ1v) is 5.47. The lowest BCUT2D eigenvalue weighted by atomic mass is 10.2. The maximum atomic E-state index is 4.33. The van der Waals surface area contributed by atoms with Gasteiger partial charge in [-0.3, -0.25) is 4.68 Å². The molecule has 0 amide bonds. The van der Waals surface area contributed by atoms with Gasteiger partial charge in [0.2, 0.25) is 0 Å². The zero-order valence-corrected chi connectivity index (χ0v) is 9.45. The van der Waals surface area contributed by atoms with Crippen LogP contribution in [0.5, 0.6) is 0 Å². The van der Waals surface area contributed by atoms with Crippen LogP contribution in [0.1, 0.15) is 44.7 Å². The first-order valence-electron chi connectivity index (χ1n) is 5.47. The molecule has 1 N–H and O–H groups in total. The molecule has 0 aliphatic carbocycles. The summed E-state index contributed by atoms with van der Waals surface area (Å²) in [7, 11) is 1.97. The number of rotatable bonds is 6. The molecule has 0 radical (unpaired) electrons. The fourth-order valence-electron chi connectivity index (χ4n) is 1.42. The van der Waals surface area contributed by atoms with Gasteiger partial charge in [0.15, 0.2) is 0 Å². The number of aryl methyl sites for hydroxylation is 1. The van der Waals surface area contributed by atoms with E-state index >= 15 is 0 Å². The van der Waals surface area contributed by atoms with Crippen molar-refractivity contribution in [3.63, 3.8) is 0 Å². The molecular weight excluding hydrogens is 174 g/mol. The van der Waals surface area contributed by atoms with Gasteiger partial charge in [0.1, 0.15) is 0 Å². The van der Waals surface area contributed by atoms with Gasteiger partial charge in [-0.15, -0.1) is 0 Å². The molecule has 1 atom stereocenters. The number of unbranched alkanes of at least 4 members (excludes halogenated alkanes) is 2. The second kappa shape index (κ2) is 5.81. The Hall–Kier alpha value is -0.830. The third-order valence-electron chi connectivity index (χ3n) is 2.58. The minimum Gasteiger partial charge on any atom is -0.313 e. The molecule has 80 valence electrons. The van der Waals surface area contributed by atoms with Gasteiger partial charge in [0.25, 0.3) is 0 Å². The Morgan fingerprint density at radius 2 is 2.29 bits per heavy atom. The molecule has 0 saturated carbocycles. The molecule has 1 aromatic rings. The predicted molar refractivity (Wildman–Crippen MR) is 59.2 cm³/mol. The highest BCUT2D eigenvalue weighted by Crippen LogP contribution is 2.10. The van der Waals surface area contributed by atoms with Crippen LogP contribution < -0.4 is 5.32 Å². The van der Waals surface area contributed by atoms with Crippen molar-refractivity contribution < 1.29 is 0 Å². The number of hydrogen-bond acceptors (Lipinski definition) is 2. The molecule has 14 heavy (non-hydrogen) atoms. The first-order chi connectivity index (χ1) is 6.77. The molecule has 3 heteroatoms. The van der Waals surface area contributed by atoms with Crippen LogP contribution in [-0.4, -0.2) is 16.8 Å². The summed E-state index contributed by atoms with van der Waals surface area (Å²) < 4.78 is 2.04. The SMILES string of the molecule is CCCCCn1cc(C(C)NC)cn1. The van der Waals surface area contributed by atoms with Crippen molar-refractivity contribution in [1.29, 1.82) is 0 Å². The van der Waals surface area contributed by atoms with Gasteiger partial charge >= 0.3 is 0 Å². The average Bonchev–Trinajstić information content (AvgIpc) is 2.66. The Labute approximate surface area is 86.5 Å². The number of hydrogen-bond donors (Lipinski definition) is 1. The molecular formula is C11H21N3. The topological polar surface area (TPSA) is 29.9 Å². The van der Waals surface area contributed by atoms with Crippen LogP contribution in [0.3, 0.4) is 0 Å². The summed E-state index contributed by atoms with van der Waals surface area (Å²) in [5.74, 6) is 0. The number of nitrogens with zero attached hydrogens (tertiary/aromatic N) is 2. The van der Waals surface area contributed by atoms with Crippen LogP contribution in [0.2, 0.25) is 0 Å². The smallest absolute Gasteiger partial charge is 0.0537 e. The van der Waals surface area contributed by atoms with Crippen molar-refractivity contribution >= 4 is 0 Å². The van der Waals surface area contributed by atoms with Gasteiger partial charge in [0.05, 0.1) is 6.20 Å². The molecule has 0 aliphatic rings. The van der Waals surface area contributed by atoms with Crippen molar-refractivity contribution in [3.8, 4) is 0 Å². The lowest BCUT2D eigenvalue weighted by molar-refractivity contribution is 0.551. The van der Waals surface area contributed by atoms with Gasteiger partial charge in [-0.2, -0.15) is 5.10 Å². The Bertz CT molecular complexity index is 255. The molecule has 0 saturated heterocycles. The molecule has 1 heterocycles. The molecule has 0 fully saturated rings.